The van der Waals surface area contributed by atoms with Crippen molar-refractivity contribution in [3.05, 3.63) is 59.1 Å². The normalized spacial score (nSPS) is 13.0. The number of amides is 1. The van der Waals surface area contributed by atoms with Crippen molar-refractivity contribution >= 4 is 37.5 Å². The highest BCUT2D eigenvalue weighted by molar-refractivity contribution is 7.89. The van der Waals surface area contributed by atoms with Crippen LogP contribution in [-0.2, 0) is 21.2 Å². The Labute approximate surface area is 174 Å². The lowest BCUT2D eigenvalue weighted by Gasteiger charge is -2.24. The number of carbonyl (C=O) groups excluding carboxylic acids is 1. The van der Waals surface area contributed by atoms with Crippen molar-refractivity contribution in [2.45, 2.75) is 24.3 Å². The zero-order valence-corrected chi connectivity index (χ0v) is 18.0. The number of carbonyl (C=O) groups is 1. The molecule has 1 amide bonds. The number of thiazole rings is 1. The van der Waals surface area contributed by atoms with Gasteiger partial charge in [0.05, 0.1) is 26.7 Å². The number of nitrogens with two attached hydrogens (primary N) is 1. The molecule has 0 aliphatic carbocycles. The standard InChI is InChI=1S/C20H24N4O3S2/c1-14(15-7-9-16(10-8-15)29(21,26)27)24(2)13-19(25)22-12-11-20-23-17-5-3-4-6-18(17)28-20/h3-10,14H,11-13H2,1-2H3,(H,22,25)(H2,21,26,27). The van der Waals surface area contributed by atoms with Crippen LogP contribution in [-0.4, -0.2) is 44.3 Å². The number of para-hydroxylation sites is 1. The van der Waals surface area contributed by atoms with Crippen LogP contribution < -0.4 is 10.5 Å². The summed E-state index contributed by atoms with van der Waals surface area (Å²) in [7, 11) is -1.86. The molecule has 1 unspecified atom stereocenters. The van der Waals surface area contributed by atoms with Gasteiger partial charge in [-0.1, -0.05) is 24.3 Å². The zero-order chi connectivity index (χ0) is 21.0. The van der Waals surface area contributed by atoms with Crippen molar-refractivity contribution in [3.8, 4) is 0 Å². The number of fused-ring (bicyclic) bond motifs is 1. The summed E-state index contributed by atoms with van der Waals surface area (Å²) in [5.74, 6) is -0.0679. The molecule has 3 rings (SSSR count). The second kappa shape index (κ2) is 9.00. The average Bonchev–Trinajstić information content (AvgIpc) is 3.09. The highest BCUT2D eigenvalue weighted by Crippen LogP contribution is 2.22. The first-order chi connectivity index (χ1) is 13.7. The van der Waals surface area contributed by atoms with Gasteiger partial charge in [0, 0.05) is 19.0 Å². The van der Waals surface area contributed by atoms with Gasteiger partial charge in [0.1, 0.15) is 0 Å². The minimum absolute atomic E-state index is 0.0560. The number of hydrogen-bond donors (Lipinski definition) is 2. The van der Waals surface area contributed by atoms with Crippen molar-refractivity contribution in [3.63, 3.8) is 0 Å². The molecule has 2 aromatic carbocycles. The van der Waals surface area contributed by atoms with E-state index in [2.05, 4.69) is 10.3 Å². The number of hydrogen-bond acceptors (Lipinski definition) is 6. The molecule has 29 heavy (non-hydrogen) atoms. The molecule has 7 nitrogen and oxygen atoms in total. The van der Waals surface area contributed by atoms with E-state index in [1.54, 1.807) is 23.5 Å². The Hall–Kier alpha value is -2.33. The van der Waals surface area contributed by atoms with Crippen molar-refractivity contribution in [1.82, 2.24) is 15.2 Å². The SMILES string of the molecule is CC(c1ccc(S(N)(=O)=O)cc1)N(C)CC(=O)NCCc1nc2ccccc2s1. The lowest BCUT2D eigenvalue weighted by Crippen LogP contribution is -2.37. The second-order valence-electron chi connectivity index (χ2n) is 6.88. The van der Waals surface area contributed by atoms with E-state index in [-0.39, 0.29) is 23.4 Å². The van der Waals surface area contributed by atoms with E-state index in [4.69, 9.17) is 5.14 Å². The molecule has 9 heteroatoms. The van der Waals surface area contributed by atoms with Gasteiger partial charge in [0.25, 0.3) is 0 Å². The number of likely N-dealkylation sites (N-methyl/N-ethyl adjacent to an activating group) is 1. The van der Waals surface area contributed by atoms with Gasteiger partial charge < -0.3 is 5.32 Å². The number of nitrogens with one attached hydrogen (secondary N) is 1. The molecule has 0 fully saturated rings. The number of rotatable bonds is 8. The first-order valence-corrected chi connectivity index (χ1v) is 11.5. The van der Waals surface area contributed by atoms with Crippen LogP contribution >= 0.6 is 11.3 Å². The first kappa shape index (κ1) is 21.4. The Morgan fingerprint density at radius 1 is 1.21 bits per heavy atom. The fourth-order valence-electron chi connectivity index (χ4n) is 2.95. The van der Waals surface area contributed by atoms with E-state index in [0.29, 0.717) is 13.0 Å². The lowest BCUT2D eigenvalue weighted by atomic mass is 10.1. The van der Waals surface area contributed by atoms with E-state index in [1.165, 1.54) is 12.1 Å². The third-order valence-electron chi connectivity index (χ3n) is 4.74. The summed E-state index contributed by atoms with van der Waals surface area (Å²) in [4.78, 5) is 18.8. The van der Waals surface area contributed by atoms with E-state index in [0.717, 1.165) is 20.8 Å². The van der Waals surface area contributed by atoms with Crippen LogP contribution in [0.3, 0.4) is 0 Å². The Balaban J connectivity index is 1.49. The molecular weight excluding hydrogens is 408 g/mol. The smallest absolute Gasteiger partial charge is 0.238 e. The van der Waals surface area contributed by atoms with Crippen LogP contribution in [0.5, 0.6) is 0 Å². The summed E-state index contributed by atoms with van der Waals surface area (Å²) in [6.45, 7) is 2.72. The molecule has 3 N–H and O–H groups in total. The van der Waals surface area contributed by atoms with Gasteiger partial charge in [0.15, 0.2) is 0 Å². The predicted octanol–water partition coefficient (Wildman–Crippen LogP) is 2.30. The van der Waals surface area contributed by atoms with Gasteiger partial charge >= 0.3 is 0 Å². The van der Waals surface area contributed by atoms with E-state index >= 15 is 0 Å². The highest BCUT2D eigenvalue weighted by atomic mass is 32.2. The first-order valence-electron chi connectivity index (χ1n) is 9.18. The van der Waals surface area contributed by atoms with Crippen LogP contribution in [0.2, 0.25) is 0 Å². The highest BCUT2D eigenvalue weighted by Gasteiger charge is 2.16. The van der Waals surface area contributed by atoms with E-state index in [1.807, 2.05) is 43.1 Å². The Bertz CT molecular complexity index is 1060. The van der Waals surface area contributed by atoms with Crippen molar-refractivity contribution in [2.75, 3.05) is 20.1 Å². The second-order valence-corrected chi connectivity index (χ2v) is 9.56. The third-order valence-corrected chi connectivity index (χ3v) is 6.77. The third kappa shape index (κ3) is 5.60. The number of sulfonamides is 1. The van der Waals surface area contributed by atoms with Crippen LogP contribution in [0.25, 0.3) is 10.2 Å². The van der Waals surface area contributed by atoms with Gasteiger partial charge in [-0.15, -0.1) is 11.3 Å². The molecule has 1 heterocycles. The van der Waals surface area contributed by atoms with Crippen LogP contribution in [0.15, 0.2) is 53.4 Å². The molecular formula is C20H24N4O3S2. The molecule has 0 aliphatic heterocycles. The van der Waals surface area contributed by atoms with Crippen LogP contribution in [0, 0.1) is 0 Å². The topological polar surface area (TPSA) is 105 Å². The number of benzene rings is 2. The Kier molecular flexibility index (Phi) is 6.63. The molecule has 154 valence electrons. The molecule has 0 bridgehead atoms. The maximum absolute atomic E-state index is 12.3. The molecule has 1 aromatic heterocycles. The van der Waals surface area contributed by atoms with E-state index in [9.17, 15) is 13.2 Å². The van der Waals surface area contributed by atoms with E-state index < -0.39 is 10.0 Å². The molecule has 0 spiro atoms. The molecule has 0 aliphatic rings. The maximum atomic E-state index is 12.3. The zero-order valence-electron chi connectivity index (χ0n) is 16.3. The number of aromatic nitrogens is 1. The van der Waals surface area contributed by atoms with Crippen LogP contribution in [0.1, 0.15) is 23.5 Å². The monoisotopic (exact) mass is 432 g/mol. The van der Waals surface area contributed by atoms with Crippen molar-refractivity contribution < 1.29 is 13.2 Å². The summed E-state index contributed by atoms with van der Waals surface area (Å²) in [6.07, 6.45) is 0.694. The fraction of sp³-hybridized carbons (Fsp3) is 0.300. The summed E-state index contributed by atoms with van der Waals surface area (Å²) in [5.41, 5.74) is 1.89. The largest absolute Gasteiger partial charge is 0.355 e. The lowest BCUT2D eigenvalue weighted by molar-refractivity contribution is -0.122. The molecule has 1 atom stereocenters. The summed E-state index contributed by atoms with van der Waals surface area (Å²) in [5, 5.41) is 9.06. The average molecular weight is 433 g/mol. The number of primary sulfonamides is 1. The fourth-order valence-corrected chi connectivity index (χ4v) is 4.43. The summed E-state index contributed by atoms with van der Waals surface area (Å²) >= 11 is 1.64. The summed E-state index contributed by atoms with van der Waals surface area (Å²) < 4.78 is 23.9. The van der Waals surface area contributed by atoms with Gasteiger partial charge in [-0.3, -0.25) is 9.69 Å². The van der Waals surface area contributed by atoms with Crippen molar-refractivity contribution in [1.29, 1.82) is 0 Å². The van der Waals surface area contributed by atoms with Gasteiger partial charge in [-0.05, 0) is 43.8 Å². The molecule has 0 saturated heterocycles. The van der Waals surface area contributed by atoms with Crippen molar-refractivity contribution in [2.24, 2.45) is 5.14 Å². The quantitative estimate of drug-likeness (QED) is 0.568. The van der Waals surface area contributed by atoms with Gasteiger partial charge in [-0.25, -0.2) is 18.5 Å². The Morgan fingerprint density at radius 3 is 2.55 bits per heavy atom. The molecule has 3 aromatic rings. The minimum Gasteiger partial charge on any atom is -0.355 e. The Morgan fingerprint density at radius 2 is 1.90 bits per heavy atom. The van der Waals surface area contributed by atoms with Gasteiger partial charge in [-0.2, -0.15) is 0 Å². The number of nitrogens with zero attached hydrogens (tertiary/aromatic N) is 2. The summed E-state index contributed by atoms with van der Waals surface area (Å²) in [6, 6.07) is 14.3. The predicted molar refractivity (Wildman–Crippen MR) is 115 cm³/mol. The van der Waals surface area contributed by atoms with Gasteiger partial charge in [0.2, 0.25) is 15.9 Å². The minimum atomic E-state index is -3.71. The molecule has 0 radical (unpaired) electrons. The molecule has 0 saturated carbocycles. The van der Waals surface area contributed by atoms with Crippen LogP contribution in [0.4, 0.5) is 0 Å². The maximum Gasteiger partial charge on any atom is 0.238 e.